The van der Waals surface area contributed by atoms with E-state index in [1.54, 1.807) is 6.07 Å². The maximum atomic E-state index is 11.3. The molecule has 5 heteroatoms. The van der Waals surface area contributed by atoms with E-state index in [9.17, 15) is 4.79 Å². The highest BCUT2D eigenvalue weighted by molar-refractivity contribution is 5.26. The fourth-order valence-electron chi connectivity index (χ4n) is 2.70. The lowest BCUT2D eigenvalue weighted by atomic mass is 9.91. The van der Waals surface area contributed by atoms with Crippen LogP contribution in [-0.2, 0) is 20.0 Å². The van der Waals surface area contributed by atoms with E-state index in [1.165, 1.54) is 5.56 Å². The second-order valence-corrected chi connectivity index (χ2v) is 5.06. The van der Waals surface area contributed by atoms with Gasteiger partial charge in [0.25, 0.3) is 0 Å². The summed E-state index contributed by atoms with van der Waals surface area (Å²) in [5.41, 5.74) is 3.34. The highest BCUT2D eigenvalue weighted by atomic mass is 16.1. The Morgan fingerprint density at radius 3 is 3.16 bits per heavy atom. The normalized spacial score (nSPS) is 18.3. The maximum absolute atomic E-state index is 11.3. The van der Waals surface area contributed by atoms with Crippen LogP contribution in [0.4, 0.5) is 0 Å². The highest BCUT2D eigenvalue weighted by Gasteiger charge is 2.20. The Labute approximate surface area is 111 Å². The topological polar surface area (TPSA) is 62.7 Å². The van der Waals surface area contributed by atoms with Crippen LogP contribution in [0.1, 0.15) is 35.8 Å². The summed E-state index contributed by atoms with van der Waals surface area (Å²) in [6.45, 7) is 0.754. The summed E-state index contributed by atoms with van der Waals surface area (Å²) in [6.07, 6.45) is 5.12. The molecule has 0 saturated carbocycles. The van der Waals surface area contributed by atoms with Gasteiger partial charge in [-0.25, -0.2) is 0 Å². The van der Waals surface area contributed by atoms with Crippen molar-refractivity contribution in [2.75, 3.05) is 0 Å². The molecule has 1 aliphatic carbocycles. The van der Waals surface area contributed by atoms with Gasteiger partial charge in [0.15, 0.2) is 0 Å². The van der Waals surface area contributed by atoms with E-state index in [2.05, 4.69) is 15.4 Å². The van der Waals surface area contributed by atoms with E-state index < -0.39 is 0 Å². The Balaban J connectivity index is 1.75. The van der Waals surface area contributed by atoms with Crippen LogP contribution in [0.5, 0.6) is 0 Å². The monoisotopic (exact) mass is 258 g/mol. The first-order valence-corrected chi connectivity index (χ1v) is 6.66. The molecule has 0 spiro atoms. The minimum atomic E-state index is -0.0101. The molecular weight excluding hydrogens is 240 g/mol. The van der Waals surface area contributed by atoms with Gasteiger partial charge in [0.05, 0.1) is 5.69 Å². The predicted octanol–water partition coefficient (Wildman–Crippen LogP) is 1.28. The van der Waals surface area contributed by atoms with Gasteiger partial charge in [0.2, 0.25) is 5.56 Å². The molecule has 100 valence electrons. The number of hydrogen-bond donors (Lipinski definition) is 2. The Morgan fingerprint density at radius 2 is 2.37 bits per heavy atom. The zero-order chi connectivity index (χ0) is 13.2. The minimum Gasteiger partial charge on any atom is -0.326 e. The number of rotatable bonds is 3. The van der Waals surface area contributed by atoms with Crippen LogP contribution in [-0.4, -0.2) is 14.8 Å². The first-order chi connectivity index (χ1) is 9.22. The molecule has 2 heterocycles. The standard InChI is InChI=1S/C14H18N4O/c1-18-8-7-10(17-18)9-15-12-3-2-4-13-11(12)5-6-14(19)16-13/h5-8,12,15H,2-4,9H2,1H3,(H,16,19). The van der Waals surface area contributed by atoms with Crippen molar-refractivity contribution in [2.24, 2.45) is 7.05 Å². The number of pyridine rings is 1. The maximum Gasteiger partial charge on any atom is 0.248 e. The van der Waals surface area contributed by atoms with Crippen molar-refractivity contribution in [1.29, 1.82) is 0 Å². The lowest BCUT2D eigenvalue weighted by Gasteiger charge is -2.25. The fraction of sp³-hybridized carbons (Fsp3) is 0.429. The van der Waals surface area contributed by atoms with Crippen LogP contribution in [0.15, 0.2) is 29.2 Å². The Morgan fingerprint density at radius 1 is 1.47 bits per heavy atom. The molecule has 0 saturated heterocycles. The van der Waals surface area contributed by atoms with Crippen molar-refractivity contribution < 1.29 is 0 Å². The second-order valence-electron chi connectivity index (χ2n) is 5.06. The number of nitrogens with zero attached hydrogens (tertiary/aromatic N) is 2. The van der Waals surface area contributed by atoms with Gasteiger partial charge in [0.1, 0.15) is 0 Å². The van der Waals surface area contributed by atoms with Crippen molar-refractivity contribution in [3.63, 3.8) is 0 Å². The number of aryl methyl sites for hydroxylation is 2. The van der Waals surface area contributed by atoms with E-state index in [4.69, 9.17) is 0 Å². The SMILES string of the molecule is Cn1ccc(CNC2CCCc3[nH]c(=O)ccc32)n1. The van der Waals surface area contributed by atoms with Crippen molar-refractivity contribution in [2.45, 2.75) is 31.8 Å². The molecule has 0 bridgehead atoms. The molecule has 1 atom stereocenters. The molecular formula is C14H18N4O. The van der Waals surface area contributed by atoms with E-state index in [-0.39, 0.29) is 5.56 Å². The lowest BCUT2D eigenvalue weighted by Crippen LogP contribution is -2.27. The number of fused-ring (bicyclic) bond motifs is 1. The number of aromatic nitrogens is 3. The van der Waals surface area contributed by atoms with Crippen LogP contribution in [0.3, 0.4) is 0 Å². The third-order valence-corrected chi connectivity index (χ3v) is 3.63. The molecule has 1 unspecified atom stereocenters. The van der Waals surface area contributed by atoms with Crippen LogP contribution < -0.4 is 10.9 Å². The van der Waals surface area contributed by atoms with Gasteiger partial charge in [-0.05, 0) is 30.9 Å². The molecule has 2 aromatic heterocycles. The third-order valence-electron chi connectivity index (χ3n) is 3.63. The van der Waals surface area contributed by atoms with Crippen LogP contribution in [0, 0.1) is 0 Å². The first-order valence-electron chi connectivity index (χ1n) is 6.66. The summed E-state index contributed by atoms with van der Waals surface area (Å²) < 4.78 is 1.81. The Bertz CT molecular complexity index is 628. The molecule has 2 N–H and O–H groups in total. The van der Waals surface area contributed by atoms with Crippen LogP contribution >= 0.6 is 0 Å². The lowest BCUT2D eigenvalue weighted by molar-refractivity contribution is 0.449. The van der Waals surface area contributed by atoms with Crippen LogP contribution in [0.2, 0.25) is 0 Å². The predicted molar refractivity (Wildman–Crippen MR) is 72.8 cm³/mol. The molecule has 3 rings (SSSR count). The second kappa shape index (κ2) is 5.01. The van der Waals surface area contributed by atoms with Gasteiger partial charge < -0.3 is 10.3 Å². The van der Waals surface area contributed by atoms with Crippen molar-refractivity contribution >= 4 is 0 Å². The molecule has 0 fully saturated rings. The average molecular weight is 258 g/mol. The molecule has 0 radical (unpaired) electrons. The molecule has 5 nitrogen and oxygen atoms in total. The summed E-state index contributed by atoms with van der Waals surface area (Å²) in [5, 5.41) is 7.89. The summed E-state index contributed by atoms with van der Waals surface area (Å²) in [7, 11) is 1.92. The van der Waals surface area contributed by atoms with Gasteiger partial charge in [-0.2, -0.15) is 5.10 Å². The summed E-state index contributed by atoms with van der Waals surface area (Å²) in [5.74, 6) is 0. The smallest absolute Gasteiger partial charge is 0.248 e. The van der Waals surface area contributed by atoms with Gasteiger partial charge in [-0.1, -0.05) is 6.07 Å². The van der Waals surface area contributed by atoms with Crippen molar-refractivity contribution in [3.05, 3.63) is 51.7 Å². The number of nitrogens with one attached hydrogen (secondary N) is 2. The van der Waals surface area contributed by atoms with Crippen LogP contribution in [0.25, 0.3) is 0 Å². The Kier molecular flexibility index (Phi) is 3.21. The van der Waals surface area contributed by atoms with Gasteiger partial charge in [-0.3, -0.25) is 9.48 Å². The number of aromatic amines is 1. The third kappa shape index (κ3) is 2.61. The molecule has 19 heavy (non-hydrogen) atoms. The fourth-order valence-corrected chi connectivity index (χ4v) is 2.70. The largest absolute Gasteiger partial charge is 0.326 e. The van der Waals surface area contributed by atoms with E-state index in [0.717, 1.165) is 37.2 Å². The first kappa shape index (κ1) is 12.2. The molecule has 2 aromatic rings. The van der Waals surface area contributed by atoms with Gasteiger partial charge >= 0.3 is 0 Å². The summed E-state index contributed by atoms with van der Waals surface area (Å²) in [4.78, 5) is 14.3. The molecule has 1 aliphatic rings. The zero-order valence-corrected chi connectivity index (χ0v) is 11.0. The van der Waals surface area contributed by atoms with Gasteiger partial charge in [0, 0.05) is 37.6 Å². The van der Waals surface area contributed by atoms with Crippen molar-refractivity contribution in [3.8, 4) is 0 Å². The van der Waals surface area contributed by atoms with E-state index >= 15 is 0 Å². The number of hydrogen-bond acceptors (Lipinski definition) is 3. The minimum absolute atomic E-state index is 0.0101. The number of H-pyrrole nitrogens is 1. The summed E-state index contributed by atoms with van der Waals surface area (Å²) in [6, 6.07) is 5.88. The molecule has 0 amide bonds. The van der Waals surface area contributed by atoms with Gasteiger partial charge in [-0.15, -0.1) is 0 Å². The zero-order valence-electron chi connectivity index (χ0n) is 11.0. The quantitative estimate of drug-likeness (QED) is 0.871. The molecule has 0 aliphatic heterocycles. The van der Waals surface area contributed by atoms with Crippen molar-refractivity contribution in [1.82, 2.24) is 20.1 Å². The van der Waals surface area contributed by atoms with E-state index in [1.807, 2.05) is 30.1 Å². The molecule has 0 aromatic carbocycles. The summed E-state index contributed by atoms with van der Waals surface area (Å²) >= 11 is 0. The average Bonchev–Trinajstić information content (AvgIpc) is 2.81. The Hall–Kier alpha value is -1.88. The highest BCUT2D eigenvalue weighted by Crippen LogP contribution is 2.27. The van der Waals surface area contributed by atoms with E-state index in [0.29, 0.717) is 6.04 Å².